The minimum absolute atomic E-state index is 0.218. The molecule has 1 rings (SSSR count). The molecular formula is C13H16BrFO2. The zero-order chi connectivity index (χ0) is 13.1. The second-order valence-corrected chi connectivity index (χ2v) is 5.44. The molecule has 0 spiro atoms. The van der Waals surface area contributed by atoms with E-state index in [-0.39, 0.29) is 12.2 Å². The van der Waals surface area contributed by atoms with E-state index >= 15 is 0 Å². The maximum absolute atomic E-state index is 13.7. The van der Waals surface area contributed by atoms with Crippen LogP contribution in [0.15, 0.2) is 22.7 Å². The van der Waals surface area contributed by atoms with Crippen molar-refractivity contribution >= 4 is 21.9 Å². The highest BCUT2D eigenvalue weighted by Crippen LogP contribution is 2.30. The van der Waals surface area contributed by atoms with Crippen LogP contribution in [0.5, 0.6) is 0 Å². The molecule has 0 bridgehead atoms. The first kappa shape index (κ1) is 14.2. The number of hydrogen-bond donors (Lipinski definition) is 1. The predicted molar refractivity (Wildman–Crippen MR) is 68.5 cm³/mol. The number of carbonyl (C=O) groups is 1. The van der Waals surface area contributed by atoms with Crippen LogP contribution in [0.1, 0.15) is 32.3 Å². The van der Waals surface area contributed by atoms with Gasteiger partial charge >= 0.3 is 5.97 Å². The molecule has 17 heavy (non-hydrogen) atoms. The number of carboxylic acids is 1. The van der Waals surface area contributed by atoms with E-state index in [9.17, 15) is 14.3 Å². The highest BCUT2D eigenvalue weighted by Gasteiger charge is 2.33. The Balaban J connectivity index is 2.98. The van der Waals surface area contributed by atoms with Crippen LogP contribution < -0.4 is 0 Å². The van der Waals surface area contributed by atoms with Crippen LogP contribution in [0.4, 0.5) is 4.39 Å². The second-order valence-electron chi connectivity index (χ2n) is 4.53. The molecule has 0 aliphatic carbocycles. The third-order valence-corrected chi connectivity index (χ3v) is 3.41. The van der Waals surface area contributed by atoms with Gasteiger partial charge in [-0.05, 0) is 37.5 Å². The lowest BCUT2D eigenvalue weighted by atomic mass is 9.80. The molecule has 0 aliphatic rings. The van der Waals surface area contributed by atoms with Gasteiger partial charge in [-0.2, -0.15) is 0 Å². The van der Waals surface area contributed by atoms with Crippen LogP contribution in [0.25, 0.3) is 0 Å². The monoisotopic (exact) mass is 302 g/mol. The Morgan fingerprint density at radius 1 is 1.53 bits per heavy atom. The smallest absolute Gasteiger partial charge is 0.309 e. The Hall–Kier alpha value is -0.900. The molecule has 4 heteroatoms. The third kappa shape index (κ3) is 3.53. The molecule has 1 unspecified atom stereocenters. The Morgan fingerprint density at radius 2 is 2.18 bits per heavy atom. The third-order valence-electron chi connectivity index (χ3n) is 2.91. The Morgan fingerprint density at radius 3 is 2.65 bits per heavy atom. The molecule has 0 aliphatic heterocycles. The molecule has 2 nitrogen and oxygen atoms in total. The quantitative estimate of drug-likeness (QED) is 0.892. The van der Waals surface area contributed by atoms with Crippen molar-refractivity contribution in [3.05, 3.63) is 34.1 Å². The van der Waals surface area contributed by atoms with Crippen LogP contribution in [-0.2, 0) is 11.2 Å². The minimum atomic E-state index is -0.899. The summed E-state index contributed by atoms with van der Waals surface area (Å²) < 4.78 is 14.3. The summed E-state index contributed by atoms with van der Waals surface area (Å²) in [4.78, 5) is 11.3. The van der Waals surface area contributed by atoms with Crippen molar-refractivity contribution in [1.29, 1.82) is 0 Å². The molecule has 0 heterocycles. The van der Waals surface area contributed by atoms with Gasteiger partial charge in [-0.25, -0.2) is 4.39 Å². The molecule has 0 fully saturated rings. The van der Waals surface area contributed by atoms with Crippen LogP contribution in [0.2, 0.25) is 0 Å². The van der Waals surface area contributed by atoms with Crippen LogP contribution in [0, 0.1) is 11.2 Å². The predicted octanol–water partition coefficient (Wildman–Crippen LogP) is 4.02. The summed E-state index contributed by atoms with van der Waals surface area (Å²) in [6, 6.07) is 4.73. The molecule has 1 aromatic rings. The molecule has 0 radical (unpaired) electrons. The summed E-state index contributed by atoms with van der Waals surface area (Å²) in [5, 5.41) is 9.24. The van der Waals surface area contributed by atoms with Gasteiger partial charge in [-0.1, -0.05) is 35.3 Å². The summed E-state index contributed by atoms with van der Waals surface area (Å²) in [7, 11) is 0. The van der Waals surface area contributed by atoms with Gasteiger partial charge in [0.05, 0.1) is 5.41 Å². The van der Waals surface area contributed by atoms with E-state index in [1.165, 1.54) is 6.07 Å². The number of aliphatic carboxylic acids is 1. The first-order valence-electron chi connectivity index (χ1n) is 5.56. The van der Waals surface area contributed by atoms with E-state index in [0.717, 1.165) is 6.42 Å². The van der Waals surface area contributed by atoms with Gasteiger partial charge in [0, 0.05) is 4.47 Å². The number of benzene rings is 1. The Bertz CT molecular complexity index is 420. The molecule has 0 saturated carbocycles. The standard InChI is InChI=1S/C13H16BrFO2/c1-3-6-13(2,12(16)17)8-9-4-5-10(14)7-11(9)15/h4-5,7H,3,6,8H2,1-2H3,(H,16,17). The summed E-state index contributed by atoms with van der Waals surface area (Å²) in [5.74, 6) is -1.23. The highest BCUT2D eigenvalue weighted by atomic mass is 79.9. The molecular weight excluding hydrogens is 287 g/mol. The topological polar surface area (TPSA) is 37.3 Å². The van der Waals surface area contributed by atoms with Gasteiger partial charge in [0.2, 0.25) is 0 Å². The lowest BCUT2D eigenvalue weighted by molar-refractivity contribution is -0.148. The van der Waals surface area contributed by atoms with Gasteiger partial charge in [0.25, 0.3) is 0 Å². The van der Waals surface area contributed by atoms with Crippen LogP contribution in [0.3, 0.4) is 0 Å². The molecule has 0 saturated heterocycles. The SMILES string of the molecule is CCCC(C)(Cc1ccc(Br)cc1F)C(=O)O. The van der Waals surface area contributed by atoms with E-state index in [0.29, 0.717) is 16.5 Å². The molecule has 1 N–H and O–H groups in total. The minimum Gasteiger partial charge on any atom is -0.481 e. The zero-order valence-corrected chi connectivity index (χ0v) is 11.6. The molecule has 1 atom stereocenters. The van der Waals surface area contributed by atoms with Crippen molar-refractivity contribution in [3.63, 3.8) is 0 Å². The van der Waals surface area contributed by atoms with Crippen molar-refractivity contribution in [3.8, 4) is 0 Å². The van der Waals surface area contributed by atoms with Gasteiger partial charge in [-0.3, -0.25) is 4.79 Å². The van der Waals surface area contributed by atoms with E-state index in [1.807, 2.05) is 6.92 Å². The fraction of sp³-hybridized carbons (Fsp3) is 0.462. The van der Waals surface area contributed by atoms with E-state index < -0.39 is 11.4 Å². The van der Waals surface area contributed by atoms with Crippen LogP contribution >= 0.6 is 15.9 Å². The molecule has 1 aromatic carbocycles. The summed E-state index contributed by atoms with van der Waals surface area (Å²) in [6.07, 6.45) is 1.52. The summed E-state index contributed by atoms with van der Waals surface area (Å²) >= 11 is 3.18. The first-order valence-corrected chi connectivity index (χ1v) is 6.35. The highest BCUT2D eigenvalue weighted by molar-refractivity contribution is 9.10. The average molecular weight is 303 g/mol. The van der Waals surface area contributed by atoms with Crippen molar-refractivity contribution in [2.75, 3.05) is 0 Å². The fourth-order valence-electron chi connectivity index (χ4n) is 1.91. The average Bonchev–Trinajstić information content (AvgIpc) is 2.22. The maximum Gasteiger partial charge on any atom is 0.309 e. The maximum atomic E-state index is 13.7. The molecule has 94 valence electrons. The lowest BCUT2D eigenvalue weighted by Crippen LogP contribution is -2.30. The first-order chi connectivity index (χ1) is 7.89. The largest absolute Gasteiger partial charge is 0.481 e. The summed E-state index contributed by atoms with van der Waals surface area (Å²) in [5.41, 5.74) is -0.449. The number of hydrogen-bond acceptors (Lipinski definition) is 1. The Kier molecular flexibility index (Phi) is 4.69. The van der Waals surface area contributed by atoms with Gasteiger partial charge in [0.15, 0.2) is 0 Å². The van der Waals surface area contributed by atoms with Gasteiger partial charge in [-0.15, -0.1) is 0 Å². The number of halogens is 2. The zero-order valence-electron chi connectivity index (χ0n) is 9.96. The Labute approximate surface area is 109 Å². The van der Waals surface area contributed by atoms with Crippen molar-refractivity contribution < 1.29 is 14.3 Å². The number of rotatable bonds is 5. The van der Waals surface area contributed by atoms with E-state index in [4.69, 9.17) is 0 Å². The number of carboxylic acid groups (broad SMARTS) is 1. The van der Waals surface area contributed by atoms with E-state index in [1.54, 1.807) is 19.1 Å². The van der Waals surface area contributed by atoms with Crippen molar-refractivity contribution in [2.24, 2.45) is 5.41 Å². The normalized spacial score (nSPS) is 14.4. The fourth-order valence-corrected chi connectivity index (χ4v) is 2.24. The van der Waals surface area contributed by atoms with Gasteiger partial charge in [0.1, 0.15) is 5.82 Å². The second kappa shape index (κ2) is 5.63. The lowest BCUT2D eigenvalue weighted by Gasteiger charge is -2.24. The molecule has 0 aromatic heterocycles. The summed E-state index contributed by atoms with van der Waals surface area (Å²) in [6.45, 7) is 3.60. The molecule has 0 amide bonds. The van der Waals surface area contributed by atoms with Crippen molar-refractivity contribution in [1.82, 2.24) is 0 Å². The van der Waals surface area contributed by atoms with Crippen molar-refractivity contribution in [2.45, 2.75) is 33.1 Å². The van der Waals surface area contributed by atoms with Crippen LogP contribution in [-0.4, -0.2) is 11.1 Å². The van der Waals surface area contributed by atoms with Gasteiger partial charge < -0.3 is 5.11 Å². The van der Waals surface area contributed by atoms with E-state index in [2.05, 4.69) is 15.9 Å².